The van der Waals surface area contributed by atoms with Crippen LogP contribution in [0.25, 0.3) is 10.8 Å². The quantitative estimate of drug-likeness (QED) is 0.526. The van der Waals surface area contributed by atoms with Crippen LogP contribution in [0.3, 0.4) is 0 Å². The standard InChI is InChI=1S/C16H13NS/c18-16-15-9-5-4-8-14(15)10-11-17(16)12-13-6-2-1-3-7-13/h1-11H,12H2/p+1. The number of pyridine rings is 1. The van der Waals surface area contributed by atoms with Crippen LogP contribution in [0.15, 0.2) is 71.9 Å². The third kappa shape index (κ3) is 2.12. The second-order valence-electron chi connectivity index (χ2n) is 4.34. The minimum absolute atomic E-state index is 0.852. The Morgan fingerprint density at radius 1 is 0.833 bits per heavy atom. The Kier molecular flexibility index (Phi) is 3.03. The fourth-order valence-corrected chi connectivity index (χ4v) is 2.49. The summed E-state index contributed by atoms with van der Waals surface area (Å²) in [5.41, 5.74) is 1.29. The van der Waals surface area contributed by atoms with Crippen molar-refractivity contribution in [1.29, 1.82) is 0 Å². The number of benzene rings is 2. The van der Waals surface area contributed by atoms with E-state index in [1.165, 1.54) is 16.3 Å². The highest BCUT2D eigenvalue weighted by Crippen LogP contribution is 2.18. The molecular formula is C16H14NS+. The van der Waals surface area contributed by atoms with Gasteiger partial charge in [-0.05, 0) is 11.5 Å². The molecule has 0 N–H and O–H groups in total. The lowest BCUT2D eigenvalue weighted by molar-refractivity contribution is -0.722. The highest BCUT2D eigenvalue weighted by molar-refractivity contribution is 7.80. The van der Waals surface area contributed by atoms with Crippen LogP contribution >= 0.6 is 12.6 Å². The molecule has 0 saturated carbocycles. The maximum atomic E-state index is 4.66. The van der Waals surface area contributed by atoms with E-state index in [2.05, 4.69) is 78.0 Å². The zero-order valence-corrected chi connectivity index (χ0v) is 10.8. The van der Waals surface area contributed by atoms with E-state index in [4.69, 9.17) is 0 Å². The van der Waals surface area contributed by atoms with Crippen molar-refractivity contribution in [2.24, 2.45) is 0 Å². The third-order valence-corrected chi connectivity index (χ3v) is 3.60. The van der Waals surface area contributed by atoms with E-state index in [0.717, 1.165) is 11.6 Å². The highest BCUT2D eigenvalue weighted by Gasteiger charge is 2.11. The van der Waals surface area contributed by atoms with Crippen molar-refractivity contribution in [3.8, 4) is 0 Å². The van der Waals surface area contributed by atoms with E-state index >= 15 is 0 Å². The second kappa shape index (κ2) is 4.83. The molecule has 18 heavy (non-hydrogen) atoms. The van der Waals surface area contributed by atoms with E-state index in [1.807, 2.05) is 6.07 Å². The Morgan fingerprint density at radius 2 is 1.56 bits per heavy atom. The summed E-state index contributed by atoms with van der Waals surface area (Å²) in [7, 11) is 0. The maximum Gasteiger partial charge on any atom is 0.245 e. The van der Waals surface area contributed by atoms with Gasteiger partial charge in [0.15, 0.2) is 12.7 Å². The van der Waals surface area contributed by atoms with E-state index in [9.17, 15) is 0 Å². The van der Waals surface area contributed by atoms with Crippen LogP contribution in [-0.2, 0) is 6.54 Å². The van der Waals surface area contributed by atoms with Crippen LogP contribution in [0.5, 0.6) is 0 Å². The Hall–Kier alpha value is -1.80. The van der Waals surface area contributed by atoms with Gasteiger partial charge in [-0.15, -0.1) is 0 Å². The molecule has 3 aromatic rings. The molecule has 0 radical (unpaired) electrons. The molecule has 1 nitrogen and oxygen atoms in total. The minimum Gasteiger partial charge on any atom is -0.188 e. The lowest BCUT2D eigenvalue weighted by Crippen LogP contribution is -2.35. The summed E-state index contributed by atoms with van der Waals surface area (Å²) < 4.78 is 2.17. The zero-order valence-electron chi connectivity index (χ0n) is 9.95. The Bertz CT molecular complexity index is 677. The number of nitrogens with zero attached hydrogens (tertiary/aromatic N) is 1. The summed E-state index contributed by atoms with van der Waals surface area (Å²) in [5, 5.41) is 3.43. The van der Waals surface area contributed by atoms with Crippen molar-refractivity contribution in [3.05, 3.63) is 72.4 Å². The fourth-order valence-electron chi connectivity index (χ4n) is 2.15. The van der Waals surface area contributed by atoms with Crippen molar-refractivity contribution in [3.63, 3.8) is 0 Å². The first-order valence-corrected chi connectivity index (χ1v) is 6.43. The van der Waals surface area contributed by atoms with Gasteiger partial charge in [-0.3, -0.25) is 0 Å². The van der Waals surface area contributed by atoms with Gasteiger partial charge in [0, 0.05) is 11.6 Å². The van der Waals surface area contributed by atoms with Gasteiger partial charge in [0.1, 0.15) is 0 Å². The molecule has 0 saturated heterocycles. The zero-order chi connectivity index (χ0) is 12.4. The molecule has 0 unspecified atom stereocenters. The number of fused-ring (bicyclic) bond motifs is 1. The number of aromatic nitrogens is 1. The molecule has 1 heterocycles. The SMILES string of the molecule is Sc1c2ccccc2cc[n+]1Cc1ccccc1. The maximum absolute atomic E-state index is 4.66. The van der Waals surface area contributed by atoms with Gasteiger partial charge < -0.3 is 0 Å². The largest absolute Gasteiger partial charge is 0.245 e. The van der Waals surface area contributed by atoms with Crippen LogP contribution in [0.1, 0.15) is 5.56 Å². The second-order valence-corrected chi connectivity index (χ2v) is 4.76. The lowest BCUT2D eigenvalue weighted by atomic mass is 10.1. The van der Waals surface area contributed by atoms with E-state index in [0.29, 0.717) is 0 Å². The predicted octanol–water partition coefficient (Wildman–Crippen LogP) is 3.46. The van der Waals surface area contributed by atoms with Crippen LogP contribution in [0.2, 0.25) is 0 Å². The summed E-state index contributed by atoms with van der Waals surface area (Å²) in [6.07, 6.45) is 2.09. The topological polar surface area (TPSA) is 3.88 Å². The first-order chi connectivity index (χ1) is 8.84. The molecule has 2 aromatic carbocycles. The first-order valence-electron chi connectivity index (χ1n) is 5.99. The summed E-state index contributed by atoms with van der Waals surface area (Å²) in [6.45, 7) is 0.852. The minimum atomic E-state index is 0.852. The average molecular weight is 252 g/mol. The number of thiol groups is 1. The molecule has 0 bridgehead atoms. The van der Waals surface area contributed by atoms with Crippen molar-refractivity contribution >= 4 is 23.4 Å². The Balaban J connectivity index is 2.05. The molecule has 88 valence electrons. The molecular weight excluding hydrogens is 238 g/mol. The van der Waals surface area contributed by atoms with Crippen LogP contribution in [-0.4, -0.2) is 0 Å². The molecule has 3 rings (SSSR count). The number of hydrogen-bond acceptors (Lipinski definition) is 1. The predicted molar refractivity (Wildman–Crippen MR) is 76.9 cm³/mol. The van der Waals surface area contributed by atoms with Gasteiger partial charge >= 0.3 is 0 Å². The van der Waals surface area contributed by atoms with Gasteiger partial charge in [0.2, 0.25) is 5.03 Å². The van der Waals surface area contributed by atoms with Crippen molar-refractivity contribution in [2.45, 2.75) is 11.6 Å². The van der Waals surface area contributed by atoms with Gasteiger partial charge in [-0.2, -0.15) is 4.57 Å². The molecule has 0 aliphatic rings. The average Bonchev–Trinajstić information content (AvgIpc) is 2.43. The summed E-state index contributed by atoms with van der Waals surface area (Å²) in [5.74, 6) is 0. The normalized spacial score (nSPS) is 10.7. The molecule has 2 heteroatoms. The third-order valence-electron chi connectivity index (χ3n) is 3.10. The van der Waals surface area contributed by atoms with Crippen LogP contribution < -0.4 is 4.57 Å². The summed E-state index contributed by atoms with van der Waals surface area (Å²) in [6, 6.07) is 20.9. The molecule has 0 amide bonds. The van der Waals surface area contributed by atoms with Gasteiger partial charge in [0.25, 0.3) is 0 Å². The summed E-state index contributed by atoms with van der Waals surface area (Å²) >= 11 is 4.66. The van der Waals surface area contributed by atoms with Crippen LogP contribution in [0, 0.1) is 0 Å². The molecule has 0 atom stereocenters. The Morgan fingerprint density at radius 3 is 2.39 bits per heavy atom. The van der Waals surface area contributed by atoms with Crippen LogP contribution in [0.4, 0.5) is 0 Å². The van der Waals surface area contributed by atoms with E-state index in [1.54, 1.807) is 0 Å². The van der Waals surface area contributed by atoms with Crippen molar-refractivity contribution in [1.82, 2.24) is 0 Å². The molecule has 0 aliphatic carbocycles. The fraction of sp³-hybridized carbons (Fsp3) is 0.0625. The molecule has 0 fully saturated rings. The monoisotopic (exact) mass is 252 g/mol. The lowest BCUT2D eigenvalue weighted by Gasteiger charge is -2.03. The number of rotatable bonds is 2. The number of hydrogen-bond donors (Lipinski definition) is 1. The van der Waals surface area contributed by atoms with Crippen molar-refractivity contribution in [2.75, 3.05) is 0 Å². The highest BCUT2D eigenvalue weighted by atomic mass is 32.1. The smallest absolute Gasteiger partial charge is 0.188 e. The van der Waals surface area contributed by atoms with Crippen molar-refractivity contribution < 1.29 is 4.57 Å². The Labute approximate surface area is 112 Å². The van der Waals surface area contributed by atoms with Gasteiger partial charge in [-0.1, -0.05) is 61.2 Å². The molecule has 0 spiro atoms. The molecule has 1 aromatic heterocycles. The van der Waals surface area contributed by atoms with Gasteiger partial charge in [0.05, 0.1) is 5.39 Å². The van der Waals surface area contributed by atoms with E-state index in [-0.39, 0.29) is 0 Å². The summed E-state index contributed by atoms with van der Waals surface area (Å²) in [4.78, 5) is 0. The molecule has 0 aliphatic heterocycles. The van der Waals surface area contributed by atoms with Gasteiger partial charge in [-0.25, -0.2) is 0 Å². The first kappa shape index (κ1) is 11.3. The van der Waals surface area contributed by atoms with E-state index < -0.39 is 0 Å².